The lowest BCUT2D eigenvalue weighted by Gasteiger charge is -2.15. The lowest BCUT2D eigenvalue weighted by Crippen LogP contribution is -2.29. The minimum atomic E-state index is -0.415. The smallest absolute Gasteiger partial charge is 0.266 e. The monoisotopic (exact) mass is 509 g/mol. The average Bonchev–Trinajstić information content (AvgIpc) is 3.52. The number of carbonyl (C=O) groups excluding carboxylic acids is 3. The van der Waals surface area contributed by atoms with E-state index in [-0.39, 0.29) is 0 Å². The van der Waals surface area contributed by atoms with Crippen LogP contribution in [0.25, 0.3) is 33.3 Å². The fourth-order valence-electron chi connectivity index (χ4n) is 4.95. The van der Waals surface area contributed by atoms with Crippen LogP contribution in [0.2, 0.25) is 0 Å². The molecule has 39 heavy (non-hydrogen) atoms. The van der Waals surface area contributed by atoms with Crippen LogP contribution in [0.1, 0.15) is 31.1 Å². The number of imide groups is 1. The Balaban J connectivity index is 1.21. The molecule has 0 atom stereocenters. The summed E-state index contributed by atoms with van der Waals surface area (Å²) in [5, 5.41) is 4.94. The van der Waals surface area contributed by atoms with Crippen LogP contribution < -0.4 is 10.2 Å². The molecule has 0 aliphatic carbocycles. The second-order valence-corrected chi connectivity index (χ2v) is 9.20. The standard InChI is InChI=1S/C32H19N3O4/c36-29(20-9-7-10-21(18-20)35-31(37)23-12-3-4-13-24(23)32(35)38)33-26-15-6-5-14-25(26)30-34-27-17-16-19-8-1-2-11-22(19)28(27)39-30/h1-18H,(H,33,36). The largest absolute Gasteiger partial charge is 0.435 e. The number of hydrogen-bond donors (Lipinski definition) is 1. The van der Waals surface area contributed by atoms with Gasteiger partial charge >= 0.3 is 0 Å². The Kier molecular flexibility index (Phi) is 5.09. The third-order valence-electron chi connectivity index (χ3n) is 6.85. The number of fused-ring (bicyclic) bond motifs is 4. The molecule has 1 aliphatic rings. The second kappa shape index (κ2) is 8.78. The maximum absolute atomic E-state index is 13.3. The van der Waals surface area contributed by atoms with Crippen LogP contribution in [0.15, 0.2) is 114 Å². The highest BCUT2D eigenvalue weighted by Crippen LogP contribution is 2.34. The minimum absolute atomic E-state index is 0.294. The molecule has 7 heteroatoms. The summed E-state index contributed by atoms with van der Waals surface area (Å²) in [6.45, 7) is 0. The predicted molar refractivity (Wildman–Crippen MR) is 149 cm³/mol. The Bertz CT molecular complexity index is 1940. The summed E-state index contributed by atoms with van der Waals surface area (Å²) in [7, 11) is 0. The lowest BCUT2D eigenvalue weighted by atomic mass is 10.1. The molecule has 186 valence electrons. The van der Waals surface area contributed by atoms with Crippen molar-refractivity contribution in [2.45, 2.75) is 0 Å². The zero-order valence-corrected chi connectivity index (χ0v) is 20.4. The van der Waals surface area contributed by atoms with Crippen LogP contribution >= 0.6 is 0 Å². The van der Waals surface area contributed by atoms with E-state index in [0.717, 1.165) is 21.2 Å². The van der Waals surface area contributed by atoms with Crippen LogP contribution in [0, 0.1) is 0 Å². The second-order valence-electron chi connectivity index (χ2n) is 9.20. The number of nitrogens with one attached hydrogen (secondary N) is 1. The number of hydrogen-bond acceptors (Lipinski definition) is 5. The molecule has 2 heterocycles. The van der Waals surface area contributed by atoms with Crippen molar-refractivity contribution in [3.63, 3.8) is 0 Å². The Labute approximate surface area is 222 Å². The molecular formula is C32H19N3O4. The third-order valence-corrected chi connectivity index (χ3v) is 6.85. The van der Waals surface area contributed by atoms with Crippen LogP contribution in [-0.4, -0.2) is 22.7 Å². The van der Waals surface area contributed by atoms with Gasteiger partial charge in [0.2, 0.25) is 5.89 Å². The first-order valence-corrected chi connectivity index (χ1v) is 12.4. The number of amides is 3. The molecule has 6 aromatic rings. The molecule has 0 saturated carbocycles. The van der Waals surface area contributed by atoms with Crippen molar-refractivity contribution in [3.8, 4) is 11.5 Å². The Morgan fingerprint density at radius 3 is 2.21 bits per heavy atom. The first-order chi connectivity index (χ1) is 19.1. The van der Waals surface area contributed by atoms with Gasteiger partial charge in [0.1, 0.15) is 5.52 Å². The Morgan fingerprint density at radius 1 is 0.718 bits per heavy atom. The van der Waals surface area contributed by atoms with Gasteiger partial charge in [-0.1, -0.05) is 60.7 Å². The summed E-state index contributed by atoms with van der Waals surface area (Å²) in [5.41, 5.74) is 3.86. The average molecular weight is 510 g/mol. The zero-order chi connectivity index (χ0) is 26.5. The number of para-hydroxylation sites is 1. The van der Waals surface area contributed by atoms with Crippen LogP contribution in [0.3, 0.4) is 0 Å². The highest BCUT2D eigenvalue weighted by molar-refractivity contribution is 6.34. The van der Waals surface area contributed by atoms with E-state index < -0.39 is 17.7 Å². The van der Waals surface area contributed by atoms with Crippen molar-refractivity contribution in [2.75, 3.05) is 10.2 Å². The number of oxazole rings is 1. The molecule has 0 unspecified atom stereocenters. The van der Waals surface area contributed by atoms with Gasteiger partial charge in [-0.25, -0.2) is 9.88 Å². The topological polar surface area (TPSA) is 92.5 Å². The van der Waals surface area contributed by atoms with Crippen molar-refractivity contribution in [3.05, 3.63) is 126 Å². The SMILES string of the molecule is O=C(Nc1ccccc1-c1nc2ccc3ccccc3c2o1)c1cccc(N2C(=O)c3ccccc3C2=O)c1. The summed E-state index contributed by atoms with van der Waals surface area (Å²) < 4.78 is 6.19. The first kappa shape index (κ1) is 22.6. The maximum Gasteiger partial charge on any atom is 0.266 e. The molecule has 1 aliphatic heterocycles. The summed E-state index contributed by atoms with van der Waals surface area (Å²) in [6.07, 6.45) is 0. The molecular weight excluding hydrogens is 490 g/mol. The zero-order valence-electron chi connectivity index (χ0n) is 20.4. The van der Waals surface area contributed by atoms with Crippen LogP contribution in [0.5, 0.6) is 0 Å². The summed E-state index contributed by atoms with van der Waals surface area (Å²) in [5.74, 6) is -0.844. The molecule has 1 N–H and O–H groups in total. The van der Waals surface area contributed by atoms with Crippen molar-refractivity contribution >= 4 is 51.0 Å². The van der Waals surface area contributed by atoms with Crippen LogP contribution in [0.4, 0.5) is 11.4 Å². The normalized spacial score (nSPS) is 12.8. The third kappa shape index (κ3) is 3.67. The molecule has 5 aromatic carbocycles. The van der Waals surface area contributed by atoms with Crippen LogP contribution in [-0.2, 0) is 0 Å². The predicted octanol–water partition coefficient (Wildman–Crippen LogP) is 6.70. The van der Waals surface area contributed by atoms with Gasteiger partial charge < -0.3 is 9.73 Å². The Morgan fingerprint density at radius 2 is 1.41 bits per heavy atom. The number of aromatic nitrogens is 1. The van der Waals surface area contributed by atoms with Gasteiger partial charge in [0.05, 0.1) is 28.1 Å². The quantitative estimate of drug-likeness (QED) is 0.267. The molecule has 0 fully saturated rings. The number of rotatable bonds is 4. The van der Waals surface area contributed by atoms with Gasteiger partial charge in [-0.3, -0.25) is 14.4 Å². The van der Waals surface area contributed by atoms with Crippen molar-refractivity contribution in [1.29, 1.82) is 0 Å². The number of carbonyl (C=O) groups is 3. The molecule has 3 amide bonds. The van der Waals surface area contributed by atoms with E-state index in [9.17, 15) is 14.4 Å². The van der Waals surface area contributed by atoms with Gasteiger partial charge in [-0.15, -0.1) is 0 Å². The highest BCUT2D eigenvalue weighted by atomic mass is 16.3. The van der Waals surface area contributed by atoms with E-state index in [1.807, 2.05) is 54.6 Å². The van der Waals surface area contributed by atoms with E-state index in [1.54, 1.807) is 48.5 Å². The van der Waals surface area contributed by atoms with Gasteiger partial charge in [0.15, 0.2) is 5.58 Å². The van der Waals surface area contributed by atoms with E-state index in [1.165, 1.54) is 6.07 Å². The molecule has 0 saturated heterocycles. The van der Waals surface area contributed by atoms with Crippen molar-refractivity contribution < 1.29 is 18.8 Å². The maximum atomic E-state index is 13.3. The molecule has 1 aromatic heterocycles. The Hall–Kier alpha value is -5.56. The number of anilines is 2. The lowest BCUT2D eigenvalue weighted by molar-refractivity contribution is 0.0924. The van der Waals surface area contributed by atoms with Gasteiger partial charge in [0.25, 0.3) is 17.7 Å². The number of nitrogens with zero attached hydrogens (tertiary/aromatic N) is 2. The summed E-state index contributed by atoms with van der Waals surface area (Å²) >= 11 is 0. The van der Waals surface area contributed by atoms with Gasteiger partial charge in [-0.05, 0) is 53.9 Å². The van der Waals surface area contributed by atoms with E-state index in [2.05, 4.69) is 10.3 Å². The van der Waals surface area contributed by atoms with Gasteiger partial charge in [0, 0.05) is 10.9 Å². The van der Waals surface area contributed by atoms with Crippen molar-refractivity contribution in [2.24, 2.45) is 0 Å². The van der Waals surface area contributed by atoms with E-state index in [0.29, 0.717) is 45.1 Å². The van der Waals surface area contributed by atoms with E-state index in [4.69, 9.17) is 4.42 Å². The minimum Gasteiger partial charge on any atom is -0.435 e. The molecule has 0 bridgehead atoms. The first-order valence-electron chi connectivity index (χ1n) is 12.4. The summed E-state index contributed by atoms with van der Waals surface area (Å²) in [6, 6.07) is 32.2. The summed E-state index contributed by atoms with van der Waals surface area (Å²) in [4.78, 5) is 45.0. The molecule has 0 radical (unpaired) electrons. The molecule has 7 rings (SSSR count). The fraction of sp³-hybridized carbons (Fsp3) is 0. The van der Waals surface area contributed by atoms with Crippen molar-refractivity contribution in [1.82, 2.24) is 4.98 Å². The fourth-order valence-corrected chi connectivity index (χ4v) is 4.95. The van der Waals surface area contributed by atoms with E-state index >= 15 is 0 Å². The highest BCUT2D eigenvalue weighted by Gasteiger charge is 2.36. The molecule has 0 spiro atoms. The van der Waals surface area contributed by atoms with Gasteiger partial charge in [-0.2, -0.15) is 0 Å². The molecule has 7 nitrogen and oxygen atoms in total. The number of benzene rings is 5.